The molecule has 4 bridgehead atoms. The van der Waals surface area contributed by atoms with Crippen LogP contribution in [0.2, 0.25) is 0 Å². The fraction of sp³-hybridized carbons (Fsp3) is 0.462. The van der Waals surface area contributed by atoms with Gasteiger partial charge in [0.25, 0.3) is 0 Å². The summed E-state index contributed by atoms with van der Waals surface area (Å²) in [5.41, 5.74) is 23.6. The summed E-state index contributed by atoms with van der Waals surface area (Å²) in [5.74, 6) is -2.57. The lowest BCUT2D eigenvalue weighted by atomic mass is 9.86. The minimum atomic E-state index is -1.24. The Bertz CT molecular complexity index is 2450. The number of benzene rings is 3. The molecule has 356 valence electrons. The minimum absolute atomic E-state index is 0.0154. The first-order chi connectivity index (χ1) is 31.9. The number of fused-ring (bicyclic) bond motifs is 5. The second-order valence-corrected chi connectivity index (χ2v) is 18.4. The van der Waals surface area contributed by atoms with Gasteiger partial charge in [0.05, 0.1) is 29.1 Å². The van der Waals surface area contributed by atoms with E-state index in [1.165, 1.54) is 17.5 Å². The lowest BCUT2D eigenvalue weighted by Crippen LogP contribution is -2.46. The number of carbonyl (C=O) groups is 5. The SMILES string of the molecule is Cc1nc(Cc2ccc(C(C)(C)C)cc2)nc(C)c1C(=O)C[C@@H](CCN)C(=O)N(C)[C@@H]1C(=O)C[C@@H](C)C(=O)N[C@H](C(=O)CCC#N)Cc2ccc(OCCN)c(c2)-c2cc1ccc2OCCN. The Morgan fingerprint density at radius 2 is 1.49 bits per heavy atom. The van der Waals surface area contributed by atoms with E-state index in [0.717, 1.165) is 5.56 Å². The number of hydrogen-bond donors (Lipinski definition) is 4. The maximum absolute atomic E-state index is 14.8. The van der Waals surface area contributed by atoms with Crippen LogP contribution < -0.4 is 32.0 Å². The van der Waals surface area contributed by atoms with E-state index in [2.05, 4.69) is 50.4 Å². The average molecular weight is 915 g/mol. The number of nitrogens with two attached hydrogens (primary N) is 3. The van der Waals surface area contributed by atoms with Crippen molar-refractivity contribution in [3.63, 3.8) is 0 Å². The van der Waals surface area contributed by atoms with Gasteiger partial charge in [-0.2, -0.15) is 5.26 Å². The quantitative estimate of drug-likeness (QED) is 0.0893. The fourth-order valence-corrected chi connectivity index (χ4v) is 8.54. The van der Waals surface area contributed by atoms with Crippen LogP contribution in [0.5, 0.6) is 11.5 Å². The van der Waals surface area contributed by atoms with Crippen LogP contribution in [0.1, 0.15) is 116 Å². The van der Waals surface area contributed by atoms with E-state index in [1.54, 1.807) is 51.1 Å². The number of amides is 2. The van der Waals surface area contributed by atoms with E-state index in [0.29, 0.717) is 62.9 Å². The van der Waals surface area contributed by atoms with Crippen molar-refractivity contribution in [2.75, 3.05) is 39.9 Å². The number of likely N-dealkylation sites (N-methyl/N-ethyl adjacent to an activating group) is 1. The van der Waals surface area contributed by atoms with Gasteiger partial charge in [0.2, 0.25) is 11.8 Å². The smallest absolute Gasteiger partial charge is 0.226 e. The van der Waals surface area contributed by atoms with Crippen molar-refractivity contribution in [3.8, 4) is 28.7 Å². The number of ether oxygens (including phenoxy) is 2. The van der Waals surface area contributed by atoms with Crippen LogP contribution in [0, 0.1) is 37.0 Å². The highest BCUT2D eigenvalue weighted by molar-refractivity contribution is 6.01. The standard InChI is InChI=1S/C52H66N8O7/c1-31-25-44(63)49(60(7)51(65)37(18-20-54)30-43(62)48-32(2)57-47(58-33(48)3)28-34-10-14-38(15-11-34)52(4,5)6)36-13-17-46(67-24-22-56)40(29-36)39-26-35(12-16-45(39)66-23-21-55)27-41(59-50(31)64)42(61)9-8-19-53/h10-17,26,29,31,37,41,49H,8-9,18,20-25,27-28,30,54-56H2,1-7H3,(H,59,64)/t31-,37-,41+,49+/m1/s1. The zero-order valence-corrected chi connectivity index (χ0v) is 39.9. The summed E-state index contributed by atoms with van der Waals surface area (Å²) >= 11 is 0. The first kappa shape index (κ1) is 51.6. The molecule has 3 aromatic carbocycles. The third-order valence-electron chi connectivity index (χ3n) is 12.1. The molecular weight excluding hydrogens is 849 g/mol. The molecule has 2 amide bonds. The Balaban J connectivity index is 1.54. The summed E-state index contributed by atoms with van der Waals surface area (Å²) in [6.45, 7) is 12.4. The highest BCUT2D eigenvalue weighted by atomic mass is 16.5. The van der Waals surface area contributed by atoms with E-state index >= 15 is 0 Å². The highest BCUT2D eigenvalue weighted by Gasteiger charge is 2.36. The van der Waals surface area contributed by atoms with Gasteiger partial charge < -0.3 is 36.9 Å². The lowest BCUT2D eigenvalue weighted by molar-refractivity contribution is -0.142. The van der Waals surface area contributed by atoms with E-state index in [4.69, 9.17) is 36.6 Å². The predicted octanol–water partition coefficient (Wildman–Crippen LogP) is 5.57. The Morgan fingerprint density at radius 3 is 2.07 bits per heavy atom. The molecule has 0 fully saturated rings. The summed E-state index contributed by atoms with van der Waals surface area (Å²) in [6.07, 6.45) is 0.0943. The maximum atomic E-state index is 14.8. The molecule has 0 aliphatic carbocycles. The van der Waals surface area contributed by atoms with E-state index in [-0.39, 0.29) is 88.4 Å². The molecule has 0 unspecified atom stereocenters. The monoisotopic (exact) mass is 915 g/mol. The molecule has 1 aliphatic heterocycles. The number of aromatic nitrogens is 2. The normalized spacial score (nSPS) is 16.8. The van der Waals surface area contributed by atoms with Gasteiger partial charge in [0.15, 0.2) is 17.3 Å². The molecular formula is C52H66N8O7. The van der Waals surface area contributed by atoms with E-state index in [1.807, 2.05) is 12.1 Å². The number of aryl methyl sites for hydroxylation is 2. The molecule has 1 aliphatic rings. The van der Waals surface area contributed by atoms with Crippen LogP contribution in [-0.2, 0) is 37.4 Å². The van der Waals surface area contributed by atoms with Gasteiger partial charge in [-0.05, 0) is 85.2 Å². The van der Waals surface area contributed by atoms with Crippen molar-refractivity contribution < 1.29 is 33.4 Å². The van der Waals surface area contributed by atoms with Gasteiger partial charge in [0.1, 0.15) is 36.6 Å². The molecule has 5 rings (SSSR count). The van der Waals surface area contributed by atoms with Crippen molar-refractivity contribution in [1.82, 2.24) is 20.2 Å². The Hall–Kier alpha value is -6.34. The minimum Gasteiger partial charge on any atom is -0.492 e. The van der Waals surface area contributed by atoms with E-state index in [9.17, 15) is 29.2 Å². The molecule has 4 aromatic rings. The van der Waals surface area contributed by atoms with Gasteiger partial charge >= 0.3 is 0 Å². The molecule has 67 heavy (non-hydrogen) atoms. The second kappa shape index (κ2) is 23.4. The van der Waals surface area contributed by atoms with Crippen molar-refractivity contribution >= 4 is 29.2 Å². The van der Waals surface area contributed by atoms with E-state index < -0.39 is 41.5 Å². The molecule has 0 radical (unpaired) electrons. The van der Waals surface area contributed by atoms with Crippen LogP contribution in [0.3, 0.4) is 0 Å². The number of nitrogens with zero attached hydrogens (tertiary/aromatic N) is 4. The molecule has 0 spiro atoms. The number of carbonyl (C=O) groups excluding carboxylic acids is 5. The molecule has 0 saturated heterocycles. The number of rotatable bonds is 18. The van der Waals surface area contributed by atoms with Gasteiger partial charge in [-0.25, -0.2) is 9.97 Å². The zero-order chi connectivity index (χ0) is 49.0. The third-order valence-corrected chi connectivity index (χ3v) is 12.1. The molecule has 0 saturated carbocycles. The maximum Gasteiger partial charge on any atom is 0.226 e. The van der Waals surface area contributed by atoms with Crippen LogP contribution in [0.4, 0.5) is 0 Å². The Kier molecular flexibility index (Phi) is 18.0. The summed E-state index contributed by atoms with van der Waals surface area (Å²) in [6, 6.07) is 18.6. The summed E-state index contributed by atoms with van der Waals surface area (Å²) < 4.78 is 12.3. The number of nitrogens with one attached hydrogen (secondary N) is 1. The number of Topliss-reactive ketones (excluding diaryl/α,β-unsaturated/α-hetero) is 3. The lowest BCUT2D eigenvalue weighted by Gasteiger charge is -2.32. The summed E-state index contributed by atoms with van der Waals surface area (Å²) in [4.78, 5) is 81.9. The van der Waals surface area contributed by atoms with Crippen LogP contribution in [0.25, 0.3) is 11.1 Å². The highest BCUT2D eigenvalue weighted by Crippen LogP contribution is 2.41. The van der Waals surface area contributed by atoms with Crippen molar-refractivity contribution in [2.45, 2.75) is 104 Å². The van der Waals surface area contributed by atoms with Gasteiger partial charge in [0, 0.05) is 75.2 Å². The van der Waals surface area contributed by atoms with Crippen molar-refractivity contribution in [1.29, 1.82) is 5.26 Å². The Morgan fingerprint density at radius 1 is 0.881 bits per heavy atom. The number of nitriles is 1. The van der Waals surface area contributed by atoms with Crippen LogP contribution >= 0.6 is 0 Å². The molecule has 7 N–H and O–H groups in total. The summed E-state index contributed by atoms with van der Waals surface area (Å²) in [5, 5.41) is 12.1. The third kappa shape index (κ3) is 13.2. The first-order valence-corrected chi connectivity index (χ1v) is 23.0. The van der Waals surface area contributed by atoms with Crippen LogP contribution in [0.15, 0.2) is 60.7 Å². The van der Waals surface area contributed by atoms with Crippen molar-refractivity contribution in [3.05, 3.63) is 106 Å². The second-order valence-electron chi connectivity index (χ2n) is 18.4. The average Bonchev–Trinajstić information content (AvgIpc) is 3.28. The number of hydrogen-bond acceptors (Lipinski definition) is 13. The molecule has 15 nitrogen and oxygen atoms in total. The van der Waals surface area contributed by atoms with Gasteiger partial charge in [-0.15, -0.1) is 0 Å². The van der Waals surface area contributed by atoms with Crippen molar-refractivity contribution in [2.24, 2.45) is 29.0 Å². The molecule has 2 heterocycles. The van der Waals surface area contributed by atoms with Crippen LogP contribution in [-0.4, -0.2) is 90.0 Å². The predicted molar refractivity (Wildman–Crippen MR) is 256 cm³/mol. The molecule has 4 atom stereocenters. The van der Waals surface area contributed by atoms with Gasteiger partial charge in [-0.1, -0.05) is 64.1 Å². The van der Waals surface area contributed by atoms with Gasteiger partial charge in [-0.3, -0.25) is 24.0 Å². The fourth-order valence-electron chi connectivity index (χ4n) is 8.54. The summed E-state index contributed by atoms with van der Waals surface area (Å²) in [7, 11) is 1.51. The molecule has 1 aromatic heterocycles. The topological polar surface area (TPSA) is 247 Å². The largest absolute Gasteiger partial charge is 0.492 e. The molecule has 15 heteroatoms. The number of ketones is 3. The Labute approximate surface area is 394 Å². The first-order valence-electron chi connectivity index (χ1n) is 23.0. The zero-order valence-electron chi connectivity index (χ0n) is 39.9.